The minimum absolute atomic E-state index is 0.0286. The van der Waals surface area contributed by atoms with Gasteiger partial charge in [0.25, 0.3) is 0 Å². The summed E-state index contributed by atoms with van der Waals surface area (Å²) in [5, 5.41) is 0. The van der Waals surface area contributed by atoms with Crippen molar-refractivity contribution in [1.82, 2.24) is 0 Å². The summed E-state index contributed by atoms with van der Waals surface area (Å²) in [6.07, 6.45) is 1.34. The zero-order valence-electron chi connectivity index (χ0n) is 6.53. The van der Waals surface area contributed by atoms with Crippen molar-refractivity contribution in [2.75, 3.05) is 16.1 Å². The van der Waals surface area contributed by atoms with Crippen molar-refractivity contribution in [3.63, 3.8) is 0 Å². The summed E-state index contributed by atoms with van der Waals surface area (Å²) in [4.78, 5) is 10.8. The number of aliphatic hydroxyl groups is 2. The third-order valence-corrected chi connectivity index (χ3v) is 9.02. The molecule has 1 aliphatic rings. The number of halogens is 1. The van der Waals surface area contributed by atoms with Crippen LogP contribution in [-0.2, 0) is 4.79 Å². The molecule has 0 aromatic heterocycles. The number of carbonyl (C=O) groups is 1. The predicted octanol–water partition coefficient (Wildman–Crippen LogP) is -1.96. The molecule has 1 atom stereocenters. The first-order chi connectivity index (χ1) is 5.83. The van der Waals surface area contributed by atoms with Gasteiger partial charge in [-0.3, -0.25) is 0 Å². The van der Waals surface area contributed by atoms with Crippen molar-refractivity contribution in [2.24, 2.45) is 0 Å². The van der Waals surface area contributed by atoms with E-state index in [0.29, 0.717) is 31.9 Å². The van der Waals surface area contributed by atoms with Crippen molar-refractivity contribution in [1.29, 1.82) is 0 Å². The third-order valence-electron chi connectivity index (χ3n) is 1.26. The number of hydrogen-bond donors (Lipinski definition) is 0. The maximum atomic E-state index is 10.8. The summed E-state index contributed by atoms with van der Waals surface area (Å²) in [5.74, 6) is 1.13. The summed E-state index contributed by atoms with van der Waals surface area (Å²) in [7, 11) is 2.02. The molecule has 0 aromatic rings. The van der Waals surface area contributed by atoms with Gasteiger partial charge in [-0.15, -0.1) is 0 Å². The van der Waals surface area contributed by atoms with Crippen LogP contribution in [0.1, 0.15) is 0 Å². The molecule has 1 unspecified atom stereocenters. The normalized spacial score (nSPS) is 24.2. The molecule has 1 fully saturated rings. The molecule has 0 aliphatic carbocycles. The van der Waals surface area contributed by atoms with E-state index < -0.39 is 0 Å². The second-order valence-electron chi connectivity index (χ2n) is 2.13. The average Bonchev–Trinajstić information content (AvgIpc) is 2.16. The molecule has 5 heteroatoms. The molecule has 1 saturated heterocycles. The van der Waals surface area contributed by atoms with Gasteiger partial charge < -0.3 is 0 Å². The van der Waals surface area contributed by atoms with Crippen molar-refractivity contribution in [3.05, 3.63) is 12.7 Å². The van der Waals surface area contributed by atoms with Crippen LogP contribution in [0, 0.1) is 0 Å². The van der Waals surface area contributed by atoms with E-state index in [1.807, 2.05) is 20.7 Å². The second-order valence-corrected chi connectivity index (χ2v) is 9.60. The van der Waals surface area contributed by atoms with Crippen molar-refractivity contribution in [2.45, 2.75) is 5.44 Å². The number of rotatable bonds is 4. The molecule has 1 heterocycles. The van der Waals surface area contributed by atoms with Crippen LogP contribution < -0.4 is 19.8 Å². The van der Waals surface area contributed by atoms with Gasteiger partial charge in [0.05, 0.1) is 0 Å². The molecule has 1 rings (SSSR count). The molecule has 1 N–H and O–H groups in total. The number of thioether (sulfide) groups is 1. The van der Waals surface area contributed by atoms with E-state index >= 15 is 0 Å². The topological polar surface area (TPSA) is 29.9 Å². The van der Waals surface area contributed by atoms with Crippen LogP contribution in [0.4, 0.5) is 0 Å². The van der Waals surface area contributed by atoms with Crippen molar-refractivity contribution < 1.29 is 29.4 Å². The first kappa shape index (κ1) is 10.9. The zero-order chi connectivity index (χ0) is 8.81. The molecule has 0 radical (unpaired) electrons. The van der Waals surface area contributed by atoms with Gasteiger partial charge in [0, 0.05) is 0 Å². The molecule has 0 aromatic carbocycles. The van der Waals surface area contributed by atoms with Crippen LogP contribution in [0.3, 0.4) is 0 Å². The Labute approximate surface area is 89.6 Å². The Kier molecular flexibility index (Phi) is 5.70. The molecule has 2 nitrogen and oxygen atoms in total. The Hall–Kier alpha value is 0.800. The van der Waals surface area contributed by atoms with Gasteiger partial charge in [0.2, 0.25) is 0 Å². The summed E-state index contributed by atoms with van der Waals surface area (Å²) in [5.41, 5.74) is 0.354. The van der Waals surface area contributed by atoms with E-state index in [-0.39, 0.29) is 5.78 Å². The fourth-order valence-electron chi connectivity index (χ4n) is 0.638. The summed E-state index contributed by atoms with van der Waals surface area (Å²) >= 11 is 2.26. The standard InChI is InChI=1S/C7H10IO2S2/c1-2-6(9)3-10-7-4-12-8-5-11-7/h2,7H,1,3-5H2/q-1/p+1. The monoisotopic (exact) mass is 318 g/mol. The number of ketones is 1. The van der Waals surface area contributed by atoms with Gasteiger partial charge in [-0.05, 0) is 0 Å². The van der Waals surface area contributed by atoms with Crippen LogP contribution in [0.25, 0.3) is 0 Å². The molecule has 1 aliphatic heterocycles. The number of carbonyl (C=O) groups excluding carboxylic acids is 1. The Morgan fingerprint density at radius 2 is 2.67 bits per heavy atom. The molecule has 0 spiro atoms. The van der Waals surface area contributed by atoms with E-state index in [1.54, 1.807) is 0 Å². The number of ether oxygens (including phenoxy) is 1. The van der Waals surface area contributed by atoms with Gasteiger partial charge in [-0.25, -0.2) is 0 Å². The van der Waals surface area contributed by atoms with Crippen LogP contribution in [0.2, 0.25) is 0 Å². The first-order valence-corrected chi connectivity index (χ1v) is 9.57. The molecular weight excluding hydrogens is 307 g/mol. The number of alkyl halides is 1. The first-order valence-electron chi connectivity index (χ1n) is 3.47. The molecular formula is C7H11IO2S2. The second kappa shape index (κ2) is 6.28. The van der Waals surface area contributed by atoms with E-state index in [2.05, 4.69) is 11.3 Å². The molecule has 0 bridgehead atoms. The molecule has 70 valence electrons. The Morgan fingerprint density at radius 1 is 1.83 bits per heavy atom. The van der Waals surface area contributed by atoms with Crippen LogP contribution in [0.15, 0.2) is 12.7 Å². The maximum absolute atomic E-state index is 10.8. The molecule has 12 heavy (non-hydrogen) atoms. The Morgan fingerprint density at radius 3 is 3.25 bits per heavy atom. The SMILES string of the molecule is C=CC(=O)C[OH+]C1CS[I-]CS1. The zero-order valence-corrected chi connectivity index (χ0v) is 10.3. The van der Waals surface area contributed by atoms with Crippen LogP contribution in [0.5, 0.6) is 0 Å². The van der Waals surface area contributed by atoms with Gasteiger partial charge in [0.1, 0.15) is 0 Å². The fourth-order valence-corrected chi connectivity index (χ4v) is 9.01. The number of hydrogen-bond acceptors (Lipinski definition) is 3. The van der Waals surface area contributed by atoms with Crippen molar-refractivity contribution in [3.8, 4) is 0 Å². The third kappa shape index (κ3) is 4.15. The van der Waals surface area contributed by atoms with E-state index in [1.165, 1.54) is 9.84 Å². The molecule has 0 amide bonds. The van der Waals surface area contributed by atoms with Crippen LogP contribution in [-0.4, -0.2) is 32.1 Å². The average molecular weight is 318 g/mol. The van der Waals surface area contributed by atoms with Crippen molar-refractivity contribution >= 4 is 26.5 Å². The fraction of sp³-hybridized carbons (Fsp3) is 0.571. The van der Waals surface area contributed by atoms with Gasteiger partial charge in [-0.1, -0.05) is 0 Å². The quantitative estimate of drug-likeness (QED) is 0.261. The predicted molar refractivity (Wildman–Crippen MR) is 51.0 cm³/mol. The summed E-state index contributed by atoms with van der Waals surface area (Å²) < 4.78 is 5.56. The molecule has 0 saturated carbocycles. The van der Waals surface area contributed by atoms with E-state index in [9.17, 15) is 4.79 Å². The van der Waals surface area contributed by atoms with Gasteiger partial charge in [0.15, 0.2) is 0 Å². The van der Waals surface area contributed by atoms with E-state index in [4.69, 9.17) is 0 Å². The minimum atomic E-state index is 0.0286. The Bertz CT molecular complexity index is 169. The van der Waals surface area contributed by atoms with Crippen LogP contribution >= 0.6 is 20.7 Å². The van der Waals surface area contributed by atoms with E-state index in [0.717, 1.165) is 5.75 Å². The van der Waals surface area contributed by atoms with Gasteiger partial charge >= 0.3 is 90.0 Å². The summed E-state index contributed by atoms with van der Waals surface area (Å²) in [6.45, 7) is 3.73. The van der Waals surface area contributed by atoms with Gasteiger partial charge in [-0.2, -0.15) is 0 Å². The Balaban J connectivity index is 2.12. The summed E-state index contributed by atoms with van der Waals surface area (Å²) in [6, 6.07) is 0.